The molecule has 5 heteroatoms. The Labute approximate surface area is 111 Å². The van der Waals surface area contributed by atoms with Gasteiger partial charge in [-0.05, 0) is 12.8 Å². The van der Waals surface area contributed by atoms with Gasteiger partial charge in [0.05, 0.1) is 6.07 Å². The van der Waals surface area contributed by atoms with E-state index in [0.29, 0.717) is 0 Å². The standard InChI is InChI=1S/C13H13ClN2O2/c14-13(17)18-12(10-5-2-1-3-6-10)16-8-4-7-11(16)9-15/h1-3,5-6,11-12H,4,7-8H2/t11-,12?/m0/s1. The smallest absolute Gasteiger partial charge is 0.405 e. The van der Waals surface area contributed by atoms with Crippen LogP contribution in [0, 0.1) is 11.3 Å². The minimum absolute atomic E-state index is 0.230. The molecular formula is C13H13ClN2O2. The quantitative estimate of drug-likeness (QED) is 0.788. The minimum atomic E-state index is -0.854. The molecule has 1 aliphatic rings. The number of benzene rings is 1. The third-order valence-corrected chi connectivity index (χ3v) is 3.12. The molecule has 0 amide bonds. The molecule has 18 heavy (non-hydrogen) atoms. The van der Waals surface area contributed by atoms with E-state index in [1.807, 2.05) is 35.2 Å². The normalized spacial score (nSPS) is 21.2. The van der Waals surface area contributed by atoms with Crippen molar-refractivity contribution in [3.63, 3.8) is 0 Å². The molecule has 1 aromatic carbocycles. The first-order valence-electron chi connectivity index (χ1n) is 5.79. The monoisotopic (exact) mass is 264 g/mol. The number of nitriles is 1. The number of hydrogen-bond donors (Lipinski definition) is 0. The molecule has 1 unspecified atom stereocenters. The number of hydrogen-bond acceptors (Lipinski definition) is 4. The lowest BCUT2D eigenvalue weighted by atomic mass is 10.1. The summed E-state index contributed by atoms with van der Waals surface area (Å²) in [7, 11) is 0. The van der Waals surface area contributed by atoms with Crippen molar-refractivity contribution in [2.24, 2.45) is 0 Å². The van der Waals surface area contributed by atoms with E-state index >= 15 is 0 Å². The van der Waals surface area contributed by atoms with Crippen LogP contribution in [-0.4, -0.2) is 22.9 Å². The van der Waals surface area contributed by atoms with E-state index in [1.165, 1.54) is 0 Å². The molecule has 2 rings (SSSR count). The van der Waals surface area contributed by atoms with E-state index in [-0.39, 0.29) is 6.04 Å². The molecule has 1 aliphatic heterocycles. The highest BCUT2D eigenvalue weighted by Gasteiger charge is 2.33. The van der Waals surface area contributed by atoms with Gasteiger partial charge in [-0.25, -0.2) is 9.69 Å². The molecule has 2 atom stereocenters. The molecule has 0 N–H and O–H groups in total. The Hall–Kier alpha value is -1.57. The second-order valence-corrected chi connectivity index (χ2v) is 4.45. The van der Waals surface area contributed by atoms with Gasteiger partial charge in [-0.2, -0.15) is 5.26 Å². The fraction of sp³-hybridized carbons (Fsp3) is 0.385. The first kappa shape index (κ1) is 12.9. The molecule has 4 nitrogen and oxygen atoms in total. The van der Waals surface area contributed by atoms with Gasteiger partial charge in [0.1, 0.15) is 6.04 Å². The van der Waals surface area contributed by atoms with Gasteiger partial charge in [-0.1, -0.05) is 30.3 Å². The predicted molar refractivity (Wildman–Crippen MR) is 66.9 cm³/mol. The van der Waals surface area contributed by atoms with Gasteiger partial charge < -0.3 is 4.74 Å². The van der Waals surface area contributed by atoms with Crippen molar-refractivity contribution in [2.45, 2.75) is 25.1 Å². The summed E-state index contributed by atoms with van der Waals surface area (Å²) < 4.78 is 5.15. The molecule has 0 aromatic heterocycles. The van der Waals surface area contributed by atoms with E-state index in [4.69, 9.17) is 21.6 Å². The summed E-state index contributed by atoms with van der Waals surface area (Å²) in [6, 6.07) is 11.3. The number of rotatable bonds is 3. The summed E-state index contributed by atoms with van der Waals surface area (Å²) in [6.07, 6.45) is 1.13. The Morgan fingerprint density at radius 1 is 1.50 bits per heavy atom. The zero-order valence-corrected chi connectivity index (χ0v) is 10.5. The van der Waals surface area contributed by atoms with Crippen LogP contribution < -0.4 is 0 Å². The van der Waals surface area contributed by atoms with Crippen LogP contribution in [0.3, 0.4) is 0 Å². The van der Waals surface area contributed by atoms with Gasteiger partial charge in [0.15, 0.2) is 6.23 Å². The van der Waals surface area contributed by atoms with Crippen molar-refractivity contribution >= 4 is 17.0 Å². The van der Waals surface area contributed by atoms with E-state index in [9.17, 15) is 4.79 Å². The van der Waals surface area contributed by atoms with Gasteiger partial charge >= 0.3 is 5.43 Å². The Morgan fingerprint density at radius 3 is 2.83 bits per heavy atom. The molecule has 1 aromatic rings. The van der Waals surface area contributed by atoms with Crippen LogP contribution in [-0.2, 0) is 4.74 Å². The number of carbonyl (C=O) groups is 1. The fourth-order valence-corrected chi connectivity index (χ4v) is 2.33. The Bertz CT molecular complexity index is 458. The van der Waals surface area contributed by atoms with Crippen molar-refractivity contribution < 1.29 is 9.53 Å². The third kappa shape index (κ3) is 2.81. The summed E-state index contributed by atoms with van der Waals surface area (Å²) in [5.41, 5.74) is -0.0268. The number of carbonyl (C=O) groups excluding carboxylic acids is 1. The lowest BCUT2D eigenvalue weighted by Crippen LogP contribution is -2.34. The summed E-state index contributed by atoms with van der Waals surface area (Å²) in [5, 5.41) is 9.10. The average molecular weight is 265 g/mol. The summed E-state index contributed by atoms with van der Waals surface area (Å²) in [6.45, 7) is 0.724. The molecule has 0 spiro atoms. The van der Waals surface area contributed by atoms with Crippen LogP contribution in [0.5, 0.6) is 0 Å². The van der Waals surface area contributed by atoms with Crippen LogP contribution in [0.15, 0.2) is 30.3 Å². The van der Waals surface area contributed by atoms with E-state index in [0.717, 1.165) is 24.9 Å². The van der Waals surface area contributed by atoms with Gasteiger partial charge in [-0.15, -0.1) is 0 Å². The number of ether oxygens (including phenoxy) is 1. The highest BCUT2D eigenvalue weighted by Crippen LogP contribution is 2.30. The highest BCUT2D eigenvalue weighted by molar-refractivity contribution is 6.61. The van der Waals surface area contributed by atoms with Gasteiger partial charge in [0.2, 0.25) is 0 Å². The van der Waals surface area contributed by atoms with Crippen molar-refractivity contribution in [1.82, 2.24) is 4.90 Å². The summed E-state index contributed by atoms with van der Waals surface area (Å²) in [4.78, 5) is 12.9. The molecule has 0 aliphatic carbocycles. The highest BCUT2D eigenvalue weighted by atomic mass is 35.5. The first-order valence-corrected chi connectivity index (χ1v) is 6.16. The van der Waals surface area contributed by atoms with Crippen LogP contribution in [0.25, 0.3) is 0 Å². The number of nitrogens with zero attached hydrogens (tertiary/aromatic N) is 2. The molecule has 1 fully saturated rings. The van der Waals surface area contributed by atoms with Crippen molar-refractivity contribution in [3.05, 3.63) is 35.9 Å². The van der Waals surface area contributed by atoms with Crippen molar-refractivity contribution in [1.29, 1.82) is 5.26 Å². The van der Waals surface area contributed by atoms with Crippen LogP contribution in [0.1, 0.15) is 24.6 Å². The summed E-state index contributed by atoms with van der Waals surface area (Å²) in [5.74, 6) is 0. The number of likely N-dealkylation sites (tertiary alicyclic amines) is 1. The minimum Gasteiger partial charge on any atom is -0.430 e. The molecule has 94 valence electrons. The third-order valence-electron chi connectivity index (χ3n) is 3.03. The average Bonchev–Trinajstić information content (AvgIpc) is 2.85. The molecule has 0 radical (unpaired) electrons. The van der Waals surface area contributed by atoms with Crippen LogP contribution in [0.4, 0.5) is 4.79 Å². The van der Waals surface area contributed by atoms with Crippen LogP contribution >= 0.6 is 11.6 Å². The van der Waals surface area contributed by atoms with Crippen molar-refractivity contribution in [2.75, 3.05) is 6.54 Å². The van der Waals surface area contributed by atoms with Crippen molar-refractivity contribution in [3.8, 4) is 6.07 Å². The van der Waals surface area contributed by atoms with Gasteiger partial charge in [-0.3, -0.25) is 0 Å². The maximum absolute atomic E-state index is 11.0. The SMILES string of the molecule is N#C[C@@H]1CCCN1C(OC(=O)Cl)c1ccccc1. The topological polar surface area (TPSA) is 53.3 Å². The Kier molecular flexibility index (Phi) is 4.19. The molecule has 0 bridgehead atoms. The van der Waals surface area contributed by atoms with Crippen LogP contribution in [0.2, 0.25) is 0 Å². The molecule has 1 saturated heterocycles. The van der Waals surface area contributed by atoms with Gasteiger partial charge in [0, 0.05) is 23.7 Å². The van der Waals surface area contributed by atoms with E-state index in [1.54, 1.807) is 0 Å². The zero-order valence-electron chi connectivity index (χ0n) is 9.75. The maximum atomic E-state index is 11.0. The van der Waals surface area contributed by atoms with E-state index in [2.05, 4.69) is 6.07 Å². The molecule has 0 saturated carbocycles. The largest absolute Gasteiger partial charge is 0.430 e. The summed E-state index contributed by atoms with van der Waals surface area (Å²) >= 11 is 5.32. The maximum Gasteiger partial charge on any atom is 0.405 e. The lowest BCUT2D eigenvalue weighted by molar-refractivity contribution is -0.00192. The Morgan fingerprint density at radius 2 is 2.22 bits per heavy atom. The zero-order chi connectivity index (χ0) is 13.0. The second kappa shape index (κ2) is 5.85. The Balaban J connectivity index is 2.26. The fourth-order valence-electron chi connectivity index (χ4n) is 2.24. The predicted octanol–water partition coefficient (Wildman–Crippen LogP) is 3.05. The van der Waals surface area contributed by atoms with Gasteiger partial charge in [0.25, 0.3) is 0 Å². The lowest BCUT2D eigenvalue weighted by Gasteiger charge is -2.28. The number of halogens is 1. The molecular weight excluding hydrogens is 252 g/mol. The molecule has 1 heterocycles. The van der Waals surface area contributed by atoms with E-state index < -0.39 is 11.7 Å². The first-order chi connectivity index (χ1) is 8.72. The second-order valence-electron chi connectivity index (χ2n) is 4.14.